The second-order valence-electron chi connectivity index (χ2n) is 5.11. The fourth-order valence-electron chi connectivity index (χ4n) is 1.59. The van der Waals surface area contributed by atoms with E-state index in [-0.39, 0.29) is 5.41 Å². The summed E-state index contributed by atoms with van der Waals surface area (Å²) >= 11 is 0. The summed E-state index contributed by atoms with van der Waals surface area (Å²) in [6.07, 6.45) is 0.935. The van der Waals surface area contributed by atoms with Crippen LogP contribution >= 0.6 is 0 Å². The lowest BCUT2D eigenvalue weighted by molar-refractivity contribution is 0.0696. The second kappa shape index (κ2) is 5.21. The molecule has 94 valence electrons. The average molecular weight is 236 g/mol. The largest absolute Gasteiger partial charge is 0.493 e. The van der Waals surface area contributed by atoms with E-state index in [0.29, 0.717) is 12.2 Å². The van der Waals surface area contributed by atoms with Crippen LogP contribution in [0.2, 0.25) is 0 Å². The van der Waals surface area contributed by atoms with Gasteiger partial charge in [-0.25, -0.2) is 4.79 Å². The minimum Gasteiger partial charge on any atom is -0.493 e. The zero-order chi connectivity index (χ0) is 13.1. The van der Waals surface area contributed by atoms with Crippen molar-refractivity contribution in [2.24, 2.45) is 0 Å². The molecule has 0 saturated carbocycles. The van der Waals surface area contributed by atoms with Gasteiger partial charge in [0.05, 0.1) is 12.2 Å². The zero-order valence-corrected chi connectivity index (χ0v) is 10.9. The Morgan fingerprint density at radius 2 is 2.00 bits per heavy atom. The molecule has 1 aromatic carbocycles. The Labute approximate surface area is 102 Å². The lowest BCUT2D eigenvalue weighted by Gasteiger charge is -2.23. The molecule has 0 aliphatic rings. The molecular weight excluding hydrogens is 216 g/mol. The van der Waals surface area contributed by atoms with E-state index in [1.54, 1.807) is 18.2 Å². The number of carboxylic acids is 1. The standard InChI is InChI=1S/C14H20O3/c1-5-8-17-12-7-6-10(13(15)16)9-11(12)14(2,3)4/h6-7,9H,5,8H2,1-4H3,(H,15,16). The van der Waals surface area contributed by atoms with Gasteiger partial charge in [0.1, 0.15) is 5.75 Å². The molecule has 0 radical (unpaired) electrons. The van der Waals surface area contributed by atoms with Crippen LogP contribution in [0, 0.1) is 0 Å². The topological polar surface area (TPSA) is 46.5 Å². The molecule has 3 nitrogen and oxygen atoms in total. The van der Waals surface area contributed by atoms with Crippen LogP contribution in [-0.4, -0.2) is 17.7 Å². The van der Waals surface area contributed by atoms with Crippen molar-refractivity contribution in [2.45, 2.75) is 39.5 Å². The van der Waals surface area contributed by atoms with Gasteiger partial charge in [-0.3, -0.25) is 0 Å². The van der Waals surface area contributed by atoms with Gasteiger partial charge in [0.25, 0.3) is 0 Å². The SMILES string of the molecule is CCCOc1ccc(C(=O)O)cc1C(C)(C)C. The quantitative estimate of drug-likeness (QED) is 0.870. The van der Waals surface area contributed by atoms with Crippen molar-refractivity contribution in [1.82, 2.24) is 0 Å². The highest BCUT2D eigenvalue weighted by Crippen LogP contribution is 2.32. The Morgan fingerprint density at radius 1 is 1.35 bits per heavy atom. The van der Waals surface area contributed by atoms with E-state index in [2.05, 4.69) is 0 Å². The molecule has 0 spiro atoms. The Morgan fingerprint density at radius 3 is 2.47 bits per heavy atom. The molecule has 0 aromatic heterocycles. The summed E-state index contributed by atoms with van der Waals surface area (Å²) in [5, 5.41) is 9.00. The summed E-state index contributed by atoms with van der Waals surface area (Å²) in [4.78, 5) is 11.0. The van der Waals surface area contributed by atoms with E-state index >= 15 is 0 Å². The molecule has 17 heavy (non-hydrogen) atoms. The molecule has 0 bridgehead atoms. The molecule has 0 saturated heterocycles. The van der Waals surface area contributed by atoms with Crippen LogP contribution < -0.4 is 4.74 Å². The molecule has 3 heteroatoms. The van der Waals surface area contributed by atoms with Crippen LogP contribution in [0.3, 0.4) is 0 Å². The van der Waals surface area contributed by atoms with Gasteiger partial charge in [-0.05, 0) is 30.0 Å². The summed E-state index contributed by atoms with van der Waals surface area (Å²) in [7, 11) is 0. The van der Waals surface area contributed by atoms with Gasteiger partial charge in [-0.2, -0.15) is 0 Å². The van der Waals surface area contributed by atoms with Crippen molar-refractivity contribution in [3.05, 3.63) is 29.3 Å². The number of hydrogen-bond acceptors (Lipinski definition) is 2. The Balaban J connectivity index is 3.17. The van der Waals surface area contributed by atoms with Gasteiger partial charge in [0.2, 0.25) is 0 Å². The van der Waals surface area contributed by atoms with Crippen molar-refractivity contribution in [2.75, 3.05) is 6.61 Å². The third-order valence-electron chi connectivity index (χ3n) is 2.50. The van der Waals surface area contributed by atoms with E-state index in [1.165, 1.54) is 0 Å². The Kier molecular flexibility index (Phi) is 4.16. The number of carbonyl (C=O) groups is 1. The van der Waals surface area contributed by atoms with Gasteiger partial charge in [-0.15, -0.1) is 0 Å². The van der Waals surface area contributed by atoms with Crippen molar-refractivity contribution in [3.8, 4) is 5.75 Å². The average Bonchev–Trinajstić information content (AvgIpc) is 2.24. The Hall–Kier alpha value is -1.51. The first-order chi connectivity index (χ1) is 7.86. The number of hydrogen-bond donors (Lipinski definition) is 1. The maximum absolute atomic E-state index is 11.0. The molecule has 0 heterocycles. The predicted molar refractivity (Wildman–Crippen MR) is 67.9 cm³/mol. The molecule has 0 unspecified atom stereocenters. The van der Waals surface area contributed by atoms with Crippen LogP contribution in [0.1, 0.15) is 50.0 Å². The summed E-state index contributed by atoms with van der Waals surface area (Å²) in [6, 6.07) is 5.04. The highest BCUT2D eigenvalue weighted by Gasteiger charge is 2.20. The highest BCUT2D eigenvalue weighted by molar-refractivity contribution is 5.88. The zero-order valence-electron chi connectivity index (χ0n) is 10.9. The molecule has 1 aromatic rings. The minimum atomic E-state index is -0.905. The second-order valence-corrected chi connectivity index (χ2v) is 5.11. The van der Waals surface area contributed by atoms with E-state index in [1.807, 2.05) is 27.7 Å². The molecule has 0 amide bonds. The summed E-state index contributed by atoms with van der Waals surface area (Å²) < 4.78 is 5.65. The third-order valence-corrected chi connectivity index (χ3v) is 2.50. The first-order valence-corrected chi connectivity index (χ1v) is 5.87. The number of rotatable bonds is 4. The van der Waals surface area contributed by atoms with Gasteiger partial charge >= 0.3 is 5.97 Å². The number of aromatic carboxylic acids is 1. The fraction of sp³-hybridized carbons (Fsp3) is 0.500. The number of ether oxygens (including phenoxy) is 1. The molecular formula is C14H20O3. The van der Waals surface area contributed by atoms with Crippen molar-refractivity contribution in [3.63, 3.8) is 0 Å². The van der Waals surface area contributed by atoms with Crippen LogP contribution in [-0.2, 0) is 5.41 Å². The van der Waals surface area contributed by atoms with Crippen LogP contribution in [0.4, 0.5) is 0 Å². The highest BCUT2D eigenvalue weighted by atomic mass is 16.5. The maximum Gasteiger partial charge on any atom is 0.335 e. The predicted octanol–water partition coefficient (Wildman–Crippen LogP) is 3.47. The monoisotopic (exact) mass is 236 g/mol. The molecule has 0 fully saturated rings. The van der Waals surface area contributed by atoms with Crippen molar-refractivity contribution in [1.29, 1.82) is 0 Å². The van der Waals surface area contributed by atoms with E-state index in [9.17, 15) is 4.79 Å². The summed E-state index contributed by atoms with van der Waals surface area (Å²) in [6.45, 7) is 8.84. The Bertz CT molecular complexity index is 402. The number of benzene rings is 1. The van der Waals surface area contributed by atoms with Gasteiger partial charge < -0.3 is 9.84 Å². The van der Waals surface area contributed by atoms with E-state index in [4.69, 9.17) is 9.84 Å². The van der Waals surface area contributed by atoms with Crippen LogP contribution in [0.25, 0.3) is 0 Å². The van der Waals surface area contributed by atoms with Gasteiger partial charge in [0, 0.05) is 5.56 Å². The molecule has 1 rings (SSSR count). The van der Waals surface area contributed by atoms with Crippen molar-refractivity contribution >= 4 is 5.97 Å². The minimum absolute atomic E-state index is 0.130. The lowest BCUT2D eigenvalue weighted by atomic mass is 9.85. The summed E-state index contributed by atoms with van der Waals surface area (Å²) in [5.41, 5.74) is 1.11. The van der Waals surface area contributed by atoms with Crippen LogP contribution in [0.5, 0.6) is 5.75 Å². The molecule has 0 aliphatic heterocycles. The normalized spacial score (nSPS) is 11.3. The fourth-order valence-corrected chi connectivity index (χ4v) is 1.59. The first-order valence-electron chi connectivity index (χ1n) is 5.87. The lowest BCUT2D eigenvalue weighted by Crippen LogP contribution is -2.15. The maximum atomic E-state index is 11.0. The molecule has 0 atom stereocenters. The van der Waals surface area contributed by atoms with E-state index < -0.39 is 5.97 Å². The third kappa shape index (κ3) is 3.48. The smallest absolute Gasteiger partial charge is 0.335 e. The molecule has 1 N–H and O–H groups in total. The number of carboxylic acid groups (broad SMARTS) is 1. The first kappa shape index (κ1) is 13.6. The summed E-state index contributed by atoms with van der Waals surface area (Å²) in [5.74, 6) is -0.123. The van der Waals surface area contributed by atoms with E-state index in [0.717, 1.165) is 17.7 Å². The van der Waals surface area contributed by atoms with Gasteiger partial charge in [0.15, 0.2) is 0 Å². The van der Waals surface area contributed by atoms with Gasteiger partial charge in [-0.1, -0.05) is 27.7 Å². The van der Waals surface area contributed by atoms with Crippen LogP contribution in [0.15, 0.2) is 18.2 Å². The van der Waals surface area contributed by atoms with Crippen molar-refractivity contribution < 1.29 is 14.6 Å². The molecule has 0 aliphatic carbocycles.